The molecular weight excluding hydrogens is 188 g/mol. The summed E-state index contributed by atoms with van der Waals surface area (Å²) in [5, 5.41) is 0. The summed E-state index contributed by atoms with van der Waals surface area (Å²) in [6, 6.07) is 0. The van der Waals surface area contributed by atoms with Crippen molar-refractivity contribution in [3.8, 4) is 0 Å². The number of hydrogen-bond acceptors (Lipinski definition) is 1. The average molecular weight is 214 g/mol. The van der Waals surface area contributed by atoms with Gasteiger partial charge in [0.05, 0.1) is 8.07 Å². The Hall–Kier alpha value is -0.113. The van der Waals surface area contributed by atoms with E-state index in [0.29, 0.717) is 16.6 Å². The first-order valence-corrected chi connectivity index (χ1v) is 8.07. The van der Waals surface area contributed by atoms with E-state index in [1.165, 1.54) is 6.29 Å². The SMILES string of the molecule is CC(C)[Si](C(C)C)(C(C)C)C(C)C=O. The first kappa shape index (κ1) is 13.9. The summed E-state index contributed by atoms with van der Waals surface area (Å²) in [6.45, 7) is 15.9. The van der Waals surface area contributed by atoms with Gasteiger partial charge in [-0.15, -0.1) is 0 Å². The monoisotopic (exact) mass is 214 g/mol. The molecule has 84 valence electrons. The van der Waals surface area contributed by atoms with Crippen LogP contribution >= 0.6 is 0 Å². The van der Waals surface area contributed by atoms with Gasteiger partial charge in [0.2, 0.25) is 0 Å². The Morgan fingerprint density at radius 2 is 1.07 bits per heavy atom. The fourth-order valence-corrected chi connectivity index (χ4v) is 11.1. The van der Waals surface area contributed by atoms with Gasteiger partial charge in [0, 0.05) is 5.54 Å². The maximum atomic E-state index is 11.1. The van der Waals surface area contributed by atoms with E-state index in [4.69, 9.17) is 0 Å². The van der Waals surface area contributed by atoms with E-state index in [0.717, 1.165) is 0 Å². The van der Waals surface area contributed by atoms with Crippen LogP contribution in [0.5, 0.6) is 0 Å². The standard InChI is InChI=1S/C12H26OSi/c1-9(2)14(10(3)4,11(5)6)12(7)8-13/h8-12H,1-7H3. The Kier molecular flexibility index (Phi) is 5.06. The van der Waals surface area contributed by atoms with Crippen molar-refractivity contribution in [2.45, 2.75) is 70.6 Å². The van der Waals surface area contributed by atoms with Gasteiger partial charge in [-0.25, -0.2) is 0 Å². The molecule has 0 aromatic carbocycles. The van der Waals surface area contributed by atoms with Crippen molar-refractivity contribution in [1.82, 2.24) is 0 Å². The second-order valence-corrected chi connectivity index (χ2v) is 11.8. The lowest BCUT2D eigenvalue weighted by atomic mass is 10.5. The van der Waals surface area contributed by atoms with Crippen molar-refractivity contribution in [3.63, 3.8) is 0 Å². The lowest BCUT2D eigenvalue weighted by molar-refractivity contribution is -0.107. The number of hydrogen-bond donors (Lipinski definition) is 0. The molecule has 0 aliphatic heterocycles. The van der Waals surface area contributed by atoms with Crippen LogP contribution in [0.25, 0.3) is 0 Å². The Balaban J connectivity index is 5.26. The fourth-order valence-electron chi connectivity index (χ4n) is 3.70. The molecule has 0 amide bonds. The summed E-state index contributed by atoms with van der Waals surface area (Å²) in [5.41, 5.74) is 2.33. The molecule has 0 saturated heterocycles. The van der Waals surface area contributed by atoms with E-state index in [1.54, 1.807) is 0 Å². The highest BCUT2D eigenvalue weighted by Crippen LogP contribution is 2.48. The van der Waals surface area contributed by atoms with Gasteiger partial charge in [-0.3, -0.25) is 0 Å². The Morgan fingerprint density at radius 1 is 0.786 bits per heavy atom. The Bertz CT molecular complexity index is 163. The number of carbonyl (C=O) groups excluding carboxylic acids is 1. The first-order valence-electron chi connectivity index (χ1n) is 5.77. The molecule has 0 bridgehead atoms. The van der Waals surface area contributed by atoms with Crippen molar-refractivity contribution in [1.29, 1.82) is 0 Å². The van der Waals surface area contributed by atoms with Crippen LogP contribution in [0.4, 0.5) is 0 Å². The maximum Gasteiger partial charge on any atom is 0.120 e. The summed E-state index contributed by atoms with van der Waals surface area (Å²) in [7, 11) is -1.50. The van der Waals surface area contributed by atoms with Crippen molar-refractivity contribution in [2.75, 3.05) is 0 Å². The molecule has 0 aromatic heterocycles. The van der Waals surface area contributed by atoms with Gasteiger partial charge in [-0.1, -0.05) is 48.5 Å². The molecule has 2 heteroatoms. The molecular formula is C12H26OSi. The van der Waals surface area contributed by atoms with Gasteiger partial charge in [-0.05, 0) is 16.6 Å². The third kappa shape index (κ3) is 2.10. The molecule has 0 fully saturated rings. The zero-order valence-electron chi connectivity index (χ0n) is 10.8. The highest BCUT2D eigenvalue weighted by Gasteiger charge is 2.46. The smallest absolute Gasteiger partial charge is 0.120 e. The van der Waals surface area contributed by atoms with Crippen LogP contribution in [0, 0.1) is 0 Å². The quantitative estimate of drug-likeness (QED) is 0.494. The molecule has 0 radical (unpaired) electrons. The molecule has 14 heavy (non-hydrogen) atoms. The molecule has 0 aromatic rings. The highest BCUT2D eigenvalue weighted by atomic mass is 28.3. The van der Waals surface area contributed by atoms with Crippen molar-refractivity contribution < 1.29 is 4.79 Å². The van der Waals surface area contributed by atoms with Crippen molar-refractivity contribution in [2.24, 2.45) is 0 Å². The van der Waals surface area contributed by atoms with E-state index < -0.39 is 8.07 Å². The summed E-state index contributed by atoms with van der Waals surface area (Å²) in [5.74, 6) is 0. The summed E-state index contributed by atoms with van der Waals surface area (Å²) < 4.78 is 0. The minimum atomic E-state index is -1.50. The second-order valence-electron chi connectivity index (χ2n) is 5.39. The van der Waals surface area contributed by atoms with Crippen LogP contribution in [0.3, 0.4) is 0 Å². The molecule has 0 N–H and O–H groups in total. The molecule has 0 aliphatic rings. The largest absolute Gasteiger partial charge is 0.303 e. The summed E-state index contributed by atoms with van der Waals surface area (Å²) in [4.78, 5) is 11.1. The van der Waals surface area contributed by atoms with Gasteiger partial charge < -0.3 is 4.79 Å². The molecule has 0 heterocycles. The summed E-state index contributed by atoms with van der Waals surface area (Å²) in [6.07, 6.45) is 1.19. The molecule has 0 spiro atoms. The third-order valence-corrected chi connectivity index (χ3v) is 11.7. The van der Waals surface area contributed by atoms with Gasteiger partial charge in [0.25, 0.3) is 0 Å². The third-order valence-electron chi connectivity index (χ3n) is 3.99. The van der Waals surface area contributed by atoms with Crippen molar-refractivity contribution in [3.05, 3.63) is 0 Å². The van der Waals surface area contributed by atoms with Gasteiger partial charge in [-0.2, -0.15) is 0 Å². The van der Waals surface area contributed by atoms with Gasteiger partial charge in [0.15, 0.2) is 0 Å². The van der Waals surface area contributed by atoms with Crippen LogP contribution in [-0.2, 0) is 4.79 Å². The topological polar surface area (TPSA) is 17.1 Å². The van der Waals surface area contributed by atoms with Crippen LogP contribution in [0.15, 0.2) is 0 Å². The zero-order chi connectivity index (χ0) is 11.5. The summed E-state index contributed by atoms with van der Waals surface area (Å²) >= 11 is 0. The van der Waals surface area contributed by atoms with E-state index in [9.17, 15) is 4.79 Å². The maximum absolute atomic E-state index is 11.1. The molecule has 0 aliphatic carbocycles. The fraction of sp³-hybridized carbons (Fsp3) is 0.917. The van der Waals surface area contributed by atoms with E-state index in [-0.39, 0.29) is 5.54 Å². The van der Waals surface area contributed by atoms with Crippen LogP contribution in [-0.4, -0.2) is 14.4 Å². The van der Waals surface area contributed by atoms with Crippen LogP contribution in [0.1, 0.15) is 48.5 Å². The number of rotatable bonds is 5. The molecule has 1 unspecified atom stereocenters. The normalized spacial score (nSPS) is 15.3. The predicted molar refractivity (Wildman–Crippen MR) is 66.5 cm³/mol. The van der Waals surface area contributed by atoms with Gasteiger partial charge >= 0.3 is 0 Å². The molecule has 1 nitrogen and oxygen atoms in total. The van der Waals surface area contributed by atoms with E-state index in [2.05, 4.69) is 48.5 Å². The lowest BCUT2D eigenvalue weighted by Gasteiger charge is -2.45. The van der Waals surface area contributed by atoms with E-state index in [1.807, 2.05) is 0 Å². The van der Waals surface area contributed by atoms with Gasteiger partial charge in [0.1, 0.15) is 6.29 Å². The lowest BCUT2D eigenvalue weighted by Crippen LogP contribution is -2.48. The minimum Gasteiger partial charge on any atom is -0.303 e. The number of aldehydes is 1. The first-order chi connectivity index (χ1) is 6.31. The molecule has 0 rings (SSSR count). The van der Waals surface area contributed by atoms with E-state index >= 15 is 0 Å². The predicted octanol–water partition coefficient (Wildman–Crippen LogP) is 4.25. The van der Waals surface area contributed by atoms with Crippen LogP contribution < -0.4 is 0 Å². The van der Waals surface area contributed by atoms with Crippen LogP contribution in [0.2, 0.25) is 22.2 Å². The zero-order valence-corrected chi connectivity index (χ0v) is 11.8. The molecule has 1 atom stereocenters. The minimum absolute atomic E-state index is 0.280. The Morgan fingerprint density at radius 3 is 1.14 bits per heavy atom. The molecule has 0 saturated carbocycles. The van der Waals surface area contributed by atoms with Crippen molar-refractivity contribution >= 4 is 14.4 Å². The highest BCUT2D eigenvalue weighted by molar-refractivity contribution is 6.86. The Labute approximate surface area is 90.3 Å². The second kappa shape index (κ2) is 5.10. The average Bonchev–Trinajstić information content (AvgIpc) is 2.02. The number of carbonyl (C=O) groups is 1.